The second kappa shape index (κ2) is 7.63. The highest BCUT2D eigenvalue weighted by atomic mass is 16.1. The molecule has 96 valence electrons. The lowest BCUT2D eigenvalue weighted by atomic mass is 9.93. The van der Waals surface area contributed by atoms with Gasteiger partial charge in [-0.15, -0.1) is 0 Å². The predicted octanol–water partition coefficient (Wildman–Crippen LogP) is 0.819. The van der Waals surface area contributed by atoms with E-state index in [1.54, 1.807) is 7.05 Å². The fourth-order valence-electron chi connectivity index (χ4n) is 1.64. The van der Waals surface area contributed by atoms with Gasteiger partial charge in [0.15, 0.2) is 0 Å². The number of carbonyl (C=O) groups excluding carboxylic acids is 1. The molecule has 4 heteroatoms. The summed E-state index contributed by atoms with van der Waals surface area (Å²) in [5, 5.41) is 2.65. The van der Waals surface area contributed by atoms with Gasteiger partial charge in [0.05, 0.1) is 0 Å². The molecule has 0 aromatic carbocycles. The van der Waals surface area contributed by atoms with E-state index in [4.69, 9.17) is 5.73 Å². The Balaban J connectivity index is 4.11. The van der Waals surface area contributed by atoms with E-state index in [0.29, 0.717) is 13.0 Å². The fourth-order valence-corrected chi connectivity index (χ4v) is 1.64. The zero-order valence-electron chi connectivity index (χ0n) is 11.2. The Bertz CT molecular complexity index is 204. The van der Waals surface area contributed by atoms with Crippen LogP contribution < -0.4 is 11.1 Å². The fraction of sp³-hybridized carbons (Fsp3) is 0.917. The molecule has 0 unspecified atom stereocenters. The normalized spacial score (nSPS) is 11.9. The van der Waals surface area contributed by atoms with Crippen molar-refractivity contribution in [2.75, 3.05) is 33.2 Å². The molecule has 3 N–H and O–H groups in total. The van der Waals surface area contributed by atoms with Gasteiger partial charge in [-0.3, -0.25) is 4.79 Å². The number of hydrogen-bond acceptors (Lipinski definition) is 3. The molecule has 4 nitrogen and oxygen atoms in total. The number of nitrogens with one attached hydrogen (secondary N) is 1. The number of rotatable bonds is 8. The molecule has 0 saturated carbocycles. The Hall–Kier alpha value is -0.610. The van der Waals surface area contributed by atoms with Crippen LogP contribution >= 0.6 is 0 Å². The Morgan fingerprint density at radius 2 is 2.00 bits per heavy atom. The van der Waals surface area contributed by atoms with Crippen LogP contribution in [0.1, 0.15) is 33.6 Å². The summed E-state index contributed by atoms with van der Waals surface area (Å²) in [6, 6.07) is 0. The van der Waals surface area contributed by atoms with Crippen molar-refractivity contribution < 1.29 is 4.79 Å². The van der Waals surface area contributed by atoms with Crippen LogP contribution in [0.4, 0.5) is 0 Å². The highest BCUT2D eigenvalue weighted by Crippen LogP contribution is 2.15. The maximum Gasteiger partial charge on any atom is 0.221 e. The smallest absolute Gasteiger partial charge is 0.221 e. The summed E-state index contributed by atoms with van der Waals surface area (Å²) in [4.78, 5) is 13.5. The van der Waals surface area contributed by atoms with E-state index < -0.39 is 0 Å². The molecule has 0 fully saturated rings. The molecule has 0 radical (unpaired) electrons. The van der Waals surface area contributed by atoms with Crippen LogP contribution in [0.3, 0.4) is 0 Å². The summed E-state index contributed by atoms with van der Waals surface area (Å²) in [6.45, 7) is 9.95. The minimum atomic E-state index is 0.103. The highest BCUT2D eigenvalue weighted by Gasteiger charge is 2.19. The molecule has 0 bridgehead atoms. The average Bonchev–Trinajstić information content (AvgIpc) is 2.25. The Labute approximate surface area is 99.6 Å². The van der Waals surface area contributed by atoms with Gasteiger partial charge in [0, 0.05) is 26.6 Å². The van der Waals surface area contributed by atoms with Crippen LogP contribution in [0, 0.1) is 5.41 Å². The lowest BCUT2D eigenvalue weighted by Crippen LogP contribution is -2.40. The zero-order valence-corrected chi connectivity index (χ0v) is 11.2. The summed E-state index contributed by atoms with van der Waals surface area (Å²) in [5.41, 5.74) is 5.85. The minimum Gasteiger partial charge on any atom is -0.359 e. The average molecular weight is 229 g/mol. The Morgan fingerprint density at radius 3 is 2.44 bits per heavy atom. The molecule has 0 rings (SSSR count). The van der Waals surface area contributed by atoms with Gasteiger partial charge in [-0.05, 0) is 24.9 Å². The topological polar surface area (TPSA) is 58.4 Å². The highest BCUT2D eigenvalue weighted by molar-refractivity contribution is 5.75. The van der Waals surface area contributed by atoms with E-state index in [0.717, 1.165) is 26.1 Å². The van der Waals surface area contributed by atoms with Gasteiger partial charge in [-0.1, -0.05) is 20.8 Å². The summed E-state index contributed by atoms with van der Waals surface area (Å²) < 4.78 is 0. The van der Waals surface area contributed by atoms with Gasteiger partial charge in [0.1, 0.15) is 0 Å². The largest absolute Gasteiger partial charge is 0.359 e. The first-order valence-electron chi connectivity index (χ1n) is 6.08. The monoisotopic (exact) mass is 229 g/mol. The zero-order chi connectivity index (χ0) is 12.6. The van der Waals surface area contributed by atoms with Gasteiger partial charge in [0.2, 0.25) is 5.91 Å². The van der Waals surface area contributed by atoms with Crippen LogP contribution in [-0.2, 0) is 4.79 Å². The predicted molar refractivity (Wildman–Crippen MR) is 68.3 cm³/mol. The standard InChI is InChI=1S/C12H27N3O/c1-5-7-15(8-6-11(16)14-4)10-12(2,3)9-13/h5-10,13H2,1-4H3,(H,14,16). The van der Waals surface area contributed by atoms with Crippen molar-refractivity contribution in [2.24, 2.45) is 11.1 Å². The Kier molecular flexibility index (Phi) is 7.34. The van der Waals surface area contributed by atoms with Crippen molar-refractivity contribution in [1.82, 2.24) is 10.2 Å². The molecule has 1 amide bonds. The molecular formula is C12H27N3O. The van der Waals surface area contributed by atoms with Gasteiger partial charge >= 0.3 is 0 Å². The molecule has 0 aliphatic heterocycles. The third-order valence-electron chi connectivity index (χ3n) is 2.68. The second-order valence-electron chi connectivity index (χ2n) is 5.07. The van der Waals surface area contributed by atoms with Gasteiger partial charge < -0.3 is 16.0 Å². The summed E-state index contributed by atoms with van der Waals surface area (Å²) in [7, 11) is 1.68. The molecule has 0 aliphatic rings. The molecule has 0 heterocycles. The molecule has 16 heavy (non-hydrogen) atoms. The summed E-state index contributed by atoms with van der Waals surface area (Å²) >= 11 is 0. The maximum absolute atomic E-state index is 11.2. The number of amides is 1. The van der Waals surface area contributed by atoms with Crippen LogP contribution in [-0.4, -0.2) is 44.0 Å². The summed E-state index contributed by atoms with van der Waals surface area (Å²) in [6.07, 6.45) is 1.67. The van der Waals surface area contributed by atoms with Crippen LogP contribution in [0.5, 0.6) is 0 Å². The van der Waals surface area contributed by atoms with Gasteiger partial charge in [-0.25, -0.2) is 0 Å². The van der Waals surface area contributed by atoms with Crippen molar-refractivity contribution in [3.8, 4) is 0 Å². The molecule has 0 saturated heterocycles. The molecule has 0 aromatic heterocycles. The first-order chi connectivity index (χ1) is 7.45. The Morgan fingerprint density at radius 1 is 1.38 bits per heavy atom. The SMILES string of the molecule is CCCN(CCC(=O)NC)CC(C)(C)CN. The maximum atomic E-state index is 11.2. The quantitative estimate of drug-likeness (QED) is 0.648. The lowest BCUT2D eigenvalue weighted by Gasteiger charge is -2.31. The van der Waals surface area contributed by atoms with E-state index in [1.165, 1.54) is 0 Å². The van der Waals surface area contributed by atoms with Crippen LogP contribution in [0.15, 0.2) is 0 Å². The number of nitrogens with two attached hydrogens (primary N) is 1. The van der Waals surface area contributed by atoms with E-state index in [-0.39, 0.29) is 11.3 Å². The van der Waals surface area contributed by atoms with E-state index in [2.05, 4.69) is 31.0 Å². The van der Waals surface area contributed by atoms with Crippen molar-refractivity contribution in [1.29, 1.82) is 0 Å². The first kappa shape index (κ1) is 15.4. The first-order valence-corrected chi connectivity index (χ1v) is 6.08. The van der Waals surface area contributed by atoms with Crippen LogP contribution in [0.2, 0.25) is 0 Å². The lowest BCUT2D eigenvalue weighted by molar-refractivity contribution is -0.121. The number of hydrogen-bond donors (Lipinski definition) is 2. The van der Waals surface area contributed by atoms with Gasteiger partial charge in [0.25, 0.3) is 0 Å². The third-order valence-corrected chi connectivity index (χ3v) is 2.68. The third kappa shape index (κ3) is 6.80. The molecule has 0 atom stereocenters. The van der Waals surface area contributed by atoms with E-state index >= 15 is 0 Å². The molecule has 0 spiro atoms. The minimum absolute atomic E-state index is 0.103. The number of nitrogens with zero attached hydrogens (tertiary/aromatic N) is 1. The van der Waals surface area contributed by atoms with Crippen molar-refractivity contribution in [3.63, 3.8) is 0 Å². The second-order valence-corrected chi connectivity index (χ2v) is 5.07. The van der Waals surface area contributed by atoms with Crippen molar-refractivity contribution in [2.45, 2.75) is 33.6 Å². The van der Waals surface area contributed by atoms with Crippen LogP contribution in [0.25, 0.3) is 0 Å². The van der Waals surface area contributed by atoms with Crippen molar-refractivity contribution in [3.05, 3.63) is 0 Å². The molecule has 0 aliphatic carbocycles. The van der Waals surface area contributed by atoms with E-state index in [9.17, 15) is 4.79 Å². The molecule has 0 aromatic rings. The van der Waals surface area contributed by atoms with Crippen molar-refractivity contribution >= 4 is 5.91 Å². The summed E-state index contributed by atoms with van der Waals surface area (Å²) in [5.74, 6) is 0.103. The van der Waals surface area contributed by atoms with E-state index in [1.807, 2.05) is 0 Å². The molecular weight excluding hydrogens is 202 g/mol. The number of carbonyl (C=O) groups is 1. The van der Waals surface area contributed by atoms with Gasteiger partial charge in [-0.2, -0.15) is 0 Å².